The molecule has 0 amide bonds. The molecule has 1 saturated carbocycles. The van der Waals surface area contributed by atoms with Crippen LogP contribution in [0.15, 0.2) is 53.6 Å². The number of Topliss-reactive ketones (excluding diaryl/α,β-unsaturated/α-hetero) is 1. The molecule has 7 nitrogen and oxygen atoms in total. The van der Waals surface area contributed by atoms with Crippen LogP contribution in [0, 0.1) is 23.2 Å². The van der Waals surface area contributed by atoms with Crippen molar-refractivity contribution < 1.29 is 29.6 Å². The maximum Gasteiger partial charge on any atom is 0.323 e. The zero-order chi connectivity index (χ0) is 28.1. The highest BCUT2D eigenvalue weighted by Gasteiger charge is 2.69. The van der Waals surface area contributed by atoms with Gasteiger partial charge in [-0.2, -0.15) is 0 Å². The second kappa shape index (κ2) is 10.0. The summed E-state index contributed by atoms with van der Waals surface area (Å²) in [6.45, 7) is 8.93. The van der Waals surface area contributed by atoms with Crippen molar-refractivity contribution in [3.63, 3.8) is 0 Å². The summed E-state index contributed by atoms with van der Waals surface area (Å²) in [5.74, 6) is -2.78. The number of nitrogens with two attached hydrogens (primary N) is 1. The minimum Gasteiger partial charge on any atom is -0.458 e. The maximum absolute atomic E-state index is 13.2. The fourth-order valence-electron chi connectivity index (χ4n) is 7.23. The Hall–Kier alpha value is -2.32. The minimum atomic E-state index is -1.82. The lowest BCUT2D eigenvalue weighted by Crippen LogP contribution is -2.69. The van der Waals surface area contributed by atoms with Gasteiger partial charge in [0.15, 0.2) is 5.78 Å². The zero-order valence-corrected chi connectivity index (χ0v) is 23.2. The Bertz CT molecular complexity index is 1140. The summed E-state index contributed by atoms with van der Waals surface area (Å²) in [4.78, 5) is 26.3. The Labute approximate surface area is 225 Å². The van der Waals surface area contributed by atoms with Crippen molar-refractivity contribution in [2.24, 2.45) is 28.9 Å². The number of esters is 1. The van der Waals surface area contributed by atoms with Crippen molar-refractivity contribution in [2.45, 2.75) is 89.6 Å². The number of ether oxygens (including phenoxy) is 1. The van der Waals surface area contributed by atoms with Gasteiger partial charge in [0.1, 0.15) is 17.2 Å². The molecule has 0 aliphatic heterocycles. The van der Waals surface area contributed by atoms with Crippen LogP contribution >= 0.6 is 0 Å². The third-order valence-electron chi connectivity index (χ3n) is 9.86. The monoisotopic (exact) mass is 525 g/mol. The molecule has 4 rings (SSSR count). The molecule has 0 heterocycles. The van der Waals surface area contributed by atoms with Gasteiger partial charge in [0.05, 0.1) is 12.2 Å². The SMILES string of the molecule is CC1=C[C@H]2[C@@]3(O)[C@H](C)C[C@@](C)(OC(=O)[C@@H](N)CCCc4ccccc4)C(C)(C)[C@@H]3C=C(CO)C[C@]2(O)C1=O. The Morgan fingerprint density at radius 1 is 1.13 bits per heavy atom. The molecule has 0 spiro atoms. The normalized spacial score (nSPS) is 36.9. The Balaban J connectivity index is 1.59. The number of fused-ring (bicyclic) bond motifs is 3. The molecular weight excluding hydrogens is 482 g/mol. The van der Waals surface area contributed by atoms with E-state index in [1.54, 1.807) is 19.1 Å². The first-order valence-electron chi connectivity index (χ1n) is 13.7. The maximum atomic E-state index is 13.2. The smallest absolute Gasteiger partial charge is 0.323 e. The van der Waals surface area contributed by atoms with Gasteiger partial charge in [-0.1, -0.05) is 63.3 Å². The molecule has 3 aliphatic rings. The number of carbonyl (C=O) groups excluding carboxylic acids is 2. The largest absolute Gasteiger partial charge is 0.458 e. The van der Waals surface area contributed by atoms with Gasteiger partial charge in [-0.3, -0.25) is 9.59 Å². The van der Waals surface area contributed by atoms with E-state index in [1.165, 1.54) is 5.56 Å². The number of aliphatic hydroxyl groups is 3. The van der Waals surface area contributed by atoms with Crippen LogP contribution in [-0.2, 0) is 20.7 Å². The second-order valence-electron chi connectivity index (χ2n) is 12.6. The van der Waals surface area contributed by atoms with Gasteiger partial charge < -0.3 is 25.8 Å². The van der Waals surface area contributed by atoms with Gasteiger partial charge in [-0.15, -0.1) is 0 Å². The molecule has 7 heteroatoms. The lowest BCUT2D eigenvalue weighted by molar-refractivity contribution is -0.246. The highest BCUT2D eigenvalue weighted by molar-refractivity contribution is 6.04. The number of hydrogen-bond donors (Lipinski definition) is 4. The first-order chi connectivity index (χ1) is 17.7. The molecule has 5 N–H and O–H groups in total. The highest BCUT2D eigenvalue weighted by Crippen LogP contribution is 2.63. The number of carbonyl (C=O) groups is 2. The molecule has 1 aromatic rings. The van der Waals surface area contributed by atoms with Crippen LogP contribution in [0.4, 0.5) is 0 Å². The van der Waals surface area contributed by atoms with E-state index in [-0.39, 0.29) is 13.0 Å². The molecule has 0 bridgehead atoms. The molecule has 7 atom stereocenters. The van der Waals surface area contributed by atoms with E-state index in [0.717, 1.165) is 12.8 Å². The molecule has 3 aliphatic carbocycles. The van der Waals surface area contributed by atoms with Crippen LogP contribution in [-0.4, -0.2) is 56.5 Å². The fourth-order valence-corrected chi connectivity index (χ4v) is 7.23. The predicted molar refractivity (Wildman–Crippen MR) is 145 cm³/mol. The van der Waals surface area contributed by atoms with Crippen molar-refractivity contribution in [1.29, 1.82) is 0 Å². The average Bonchev–Trinajstić information content (AvgIpc) is 3.02. The minimum absolute atomic E-state index is 0.0504. The molecule has 0 aromatic heterocycles. The number of ketones is 1. The first-order valence-corrected chi connectivity index (χ1v) is 13.7. The van der Waals surface area contributed by atoms with Crippen molar-refractivity contribution in [2.75, 3.05) is 6.61 Å². The Morgan fingerprint density at radius 2 is 1.79 bits per heavy atom. The van der Waals surface area contributed by atoms with Crippen molar-refractivity contribution in [1.82, 2.24) is 0 Å². The van der Waals surface area contributed by atoms with Crippen molar-refractivity contribution in [3.05, 3.63) is 59.2 Å². The van der Waals surface area contributed by atoms with E-state index >= 15 is 0 Å². The Kier molecular flexibility index (Phi) is 7.56. The van der Waals surface area contributed by atoms with Gasteiger partial charge in [-0.25, -0.2) is 0 Å². The van der Waals surface area contributed by atoms with Crippen LogP contribution in [0.3, 0.4) is 0 Å². The molecule has 1 aromatic carbocycles. The third-order valence-corrected chi connectivity index (χ3v) is 9.86. The van der Waals surface area contributed by atoms with E-state index in [0.29, 0.717) is 24.0 Å². The summed E-state index contributed by atoms with van der Waals surface area (Å²) in [7, 11) is 0. The quantitative estimate of drug-likeness (QED) is 0.318. The van der Waals surface area contributed by atoms with Crippen LogP contribution in [0.2, 0.25) is 0 Å². The van der Waals surface area contributed by atoms with E-state index < -0.39 is 57.8 Å². The number of benzene rings is 1. The predicted octanol–water partition coefficient (Wildman–Crippen LogP) is 3.25. The molecule has 208 valence electrons. The first kappa shape index (κ1) is 28.7. The van der Waals surface area contributed by atoms with E-state index in [1.807, 2.05) is 45.9 Å². The van der Waals surface area contributed by atoms with E-state index in [4.69, 9.17) is 10.5 Å². The van der Waals surface area contributed by atoms with Crippen LogP contribution in [0.1, 0.15) is 65.9 Å². The van der Waals surface area contributed by atoms with Crippen molar-refractivity contribution >= 4 is 11.8 Å². The van der Waals surface area contributed by atoms with Gasteiger partial charge in [-0.05, 0) is 62.2 Å². The van der Waals surface area contributed by atoms with Crippen LogP contribution in [0.5, 0.6) is 0 Å². The Morgan fingerprint density at radius 3 is 2.42 bits per heavy atom. The van der Waals surface area contributed by atoms with E-state index in [2.05, 4.69) is 12.1 Å². The number of aliphatic hydroxyl groups excluding tert-OH is 1. The van der Waals surface area contributed by atoms with Gasteiger partial charge in [0.25, 0.3) is 0 Å². The lowest BCUT2D eigenvalue weighted by atomic mass is 9.48. The summed E-state index contributed by atoms with van der Waals surface area (Å²) < 4.78 is 6.20. The van der Waals surface area contributed by atoms with Gasteiger partial charge in [0.2, 0.25) is 0 Å². The molecule has 0 radical (unpaired) electrons. The summed E-state index contributed by atoms with van der Waals surface area (Å²) in [5.41, 5.74) is 3.25. The number of rotatable bonds is 7. The van der Waals surface area contributed by atoms with Crippen molar-refractivity contribution in [3.8, 4) is 0 Å². The highest BCUT2D eigenvalue weighted by atomic mass is 16.6. The molecular formula is C31H43NO6. The average molecular weight is 526 g/mol. The van der Waals surface area contributed by atoms with Gasteiger partial charge >= 0.3 is 5.97 Å². The number of aryl methyl sites for hydroxylation is 1. The summed E-state index contributed by atoms with van der Waals surface area (Å²) >= 11 is 0. The molecule has 0 saturated heterocycles. The summed E-state index contributed by atoms with van der Waals surface area (Å²) in [6.07, 6.45) is 5.82. The molecule has 38 heavy (non-hydrogen) atoms. The lowest BCUT2D eigenvalue weighted by Gasteiger charge is -2.61. The summed E-state index contributed by atoms with van der Waals surface area (Å²) in [5, 5.41) is 34.2. The topological polar surface area (TPSA) is 130 Å². The molecule has 1 fully saturated rings. The van der Waals surface area contributed by atoms with Gasteiger partial charge in [0, 0.05) is 23.7 Å². The molecule has 0 unspecified atom stereocenters. The van der Waals surface area contributed by atoms with Crippen LogP contribution in [0.25, 0.3) is 0 Å². The number of hydrogen-bond acceptors (Lipinski definition) is 7. The third kappa shape index (κ3) is 4.47. The van der Waals surface area contributed by atoms with E-state index in [9.17, 15) is 24.9 Å². The fraction of sp³-hybridized carbons (Fsp3) is 0.613. The standard InChI is InChI=1S/C31H43NO6/c1-19-14-25-30(36,26(19)34)17-22(18-33)15-24-28(3,4)29(5,16-20(2)31(24,25)37)38-27(35)23(32)13-9-12-21-10-7-6-8-11-21/h6-8,10-11,14-15,20,23-25,33,36-37H,9,12-13,16-18,32H2,1-5H3/t20-,23+,24+,25-,29-,30-,31-/m1/s1. The summed E-state index contributed by atoms with van der Waals surface area (Å²) in [6, 6.07) is 9.27. The second-order valence-corrected chi connectivity index (χ2v) is 12.6. The zero-order valence-electron chi connectivity index (χ0n) is 23.2. The van der Waals surface area contributed by atoms with Crippen LogP contribution < -0.4 is 5.73 Å².